The molecule has 0 radical (unpaired) electrons. The first-order valence-electron chi connectivity index (χ1n) is 7.20. The molecule has 1 aliphatic rings. The highest BCUT2D eigenvalue weighted by Gasteiger charge is 2.19. The summed E-state index contributed by atoms with van der Waals surface area (Å²) in [6.45, 7) is 5.18. The lowest BCUT2D eigenvalue weighted by Gasteiger charge is -2.33. The van der Waals surface area contributed by atoms with Gasteiger partial charge in [-0.25, -0.2) is 0 Å². The molecule has 3 heteroatoms. The van der Waals surface area contributed by atoms with Crippen LogP contribution in [0.3, 0.4) is 0 Å². The van der Waals surface area contributed by atoms with E-state index < -0.39 is 0 Å². The molecule has 0 saturated carbocycles. The number of nitriles is 1. The minimum Gasteiger partial charge on any atom is -0.378 e. The van der Waals surface area contributed by atoms with Gasteiger partial charge in [-0.05, 0) is 43.5 Å². The molecule has 1 aromatic rings. The van der Waals surface area contributed by atoms with Crippen molar-refractivity contribution in [3.63, 3.8) is 0 Å². The van der Waals surface area contributed by atoms with Crippen molar-refractivity contribution in [2.45, 2.75) is 38.7 Å². The Hall–Kier alpha value is -1.53. The maximum Gasteiger partial charge on any atom is 0.0991 e. The van der Waals surface area contributed by atoms with Crippen molar-refractivity contribution in [3.05, 3.63) is 29.8 Å². The van der Waals surface area contributed by atoms with Gasteiger partial charge in [-0.2, -0.15) is 5.26 Å². The van der Waals surface area contributed by atoms with E-state index >= 15 is 0 Å². The molecule has 0 spiro atoms. The average Bonchev–Trinajstić information content (AvgIpc) is 2.48. The first kappa shape index (κ1) is 13.9. The predicted octanol–water partition coefficient (Wildman–Crippen LogP) is 3.34. The molecule has 102 valence electrons. The molecule has 3 nitrogen and oxygen atoms in total. The second kappa shape index (κ2) is 7.16. The Morgan fingerprint density at radius 3 is 2.53 bits per heavy atom. The zero-order valence-electron chi connectivity index (χ0n) is 11.6. The van der Waals surface area contributed by atoms with Crippen molar-refractivity contribution < 1.29 is 4.74 Å². The minimum absolute atomic E-state index is 0.432. The number of anilines is 1. The van der Waals surface area contributed by atoms with Crippen LogP contribution in [0, 0.1) is 11.3 Å². The highest BCUT2D eigenvalue weighted by Crippen LogP contribution is 2.21. The van der Waals surface area contributed by atoms with E-state index in [-0.39, 0.29) is 0 Å². The fourth-order valence-corrected chi connectivity index (χ4v) is 2.42. The Bertz CT molecular complexity index is 413. The Balaban J connectivity index is 1.80. The van der Waals surface area contributed by atoms with Crippen molar-refractivity contribution >= 4 is 5.69 Å². The van der Waals surface area contributed by atoms with E-state index in [1.165, 1.54) is 12.1 Å². The van der Waals surface area contributed by atoms with Crippen LogP contribution in [0.2, 0.25) is 0 Å². The number of hydrogen-bond acceptors (Lipinski definition) is 3. The van der Waals surface area contributed by atoms with Crippen LogP contribution in [-0.4, -0.2) is 25.8 Å². The van der Waals surface area contributed by atoms with Crippen molar-refractivity contribution in [1.82, 2.24) is 0 Å². The quantitative estimate of drug-likeness (QED) is 0.760. The average molecular weight is 258 g/mol. The summed E-state index contributed by atoms with van der Waals surface area (Å²) in [6, 6.07) is 10.0. The van der Waals surface area contributed by atoms with E-state index in [1.807, 2.05) is 24.3 Å². The Morgan fingerprint density at radius 2 is 1.95 bits per heavy atom. The van der Waals surface area contributed by atoms with Crippen LogP contribution in [0.25, 0.3) is 0 Å². The van der Waals surface area contributed by atoms with Gasteiger partial charge in [0.05, 0.1) is 17.7 Å². The lowest BCUT2D eigenvalue weighted by molar-refractivity contribution is 0.0354. The number of unbranched alkanes of at least 4 members (excludes halogenated alkanes) is 1. The Kier molecular flexibility index (Phi) is 5.23. The van der Waals surface area contributed by atoms with Crippen LogP contribution in [0.4, 0.5) is 5.69 Å². The summed E-state index contributed by atoms with van der Waals surface area (Å²) >= 11 is 0. The topological polar surface area (TPSA) is 36.3 Å². The van der Waals surface area contributed by atoms with Crippen molar-refractivity contribution in [2.24, 2.45) is 0 Å². The number of benzene rings is 1. The SMILES string of the molecule is CCCCOC1CCN(c2ccc(C#N)cc2)CC1. The third kappa shape index (κ3) is 3.97. The molecule has 0 unspecified atom stereocenters. The molecular weight excluding hydrogens is 236 g/mol. The number of ether oxygens (including phenoxy) is 1. The summed E-state index contributed by atoms with van der Waals surface area (Å²) in [5.41, 5.74) is 1.94. The molecule has 19 heavy (non-hydrogen) atoms. The molecule has 1 aliphatic heterocycles. The van der Waals surface area contributed by atoms with Gasteiger partial charge in [0.25, 0.3) is 0 Å². The fourth-order valence-electron chi connectivity index (χ4n) is 2.42. The summed E-state index contributed by atoms with van der Waals surface area (Å²) in [5, 5.41) is 8.80. The third-order valence-corrected chi connectivity index (χ3v) is 3.65. The van der Waals surface area contributed by atoms with Crippen molar-refractivity contribution in [3.8, 4) is 6.07 Å². The third-order valence-electron chi connectivity index (χ3n) is 3.65. The minimum atomic E-state index is 0.432. The van der Waals surface area contributed by atoms with Crippen LogP contribution < -0.4 is 4.90 Å². The highest BCUT2D eigenvalue weighted by atomic mass is 16.5. The maximum absolute atomic E-state index is 8.80. The Morgan fingerprint density at radius 1 is 1.26 bits per heavy atom. The van der Waals surface area contributed by atoms with Crippen LogP contribution in [0.5, 0.6) is 0 Å². The van der Waals surface area contributed by atoms with Crippen LogP contribution in [0.15, 0.2) is 24.3 Å². The number of nitrogens with zero attached hydrogens (tertiary/aromatic N) is 2. The number of rotatable bonds is 5. The normalized spacial score (nSPS) is 16.3. The molecule has 0 bridgehead atoms. The van der Waals surface area contributed by atoms with Gasteiger partial charge in [-0.1, -0.05) is 13.3 Å². The fraction of sp³-hybridized carbons (Fsp3) is 0.562. The van der Waals surface area contributed by atoms with Gasteiger partial charge in [0.2, 0.25) is 0 Å². The predicted molar refractivity (Wildman–Crippen MR) is 77.3 cm³/mol. The standard InChI is InChI=1S/C16H22N2O/c1-2-3-12-19-16-8-10-18(11-9-16)15-6-4-14(13-17)5-7-15/h4-7,16H,2-3,8-12H2,1H3. The van der Waals surface area contributed by atoms with Gasteiger partial charge in [0, 0.05) is 25.4 Å². The summed E-state index contributed by atoms with van der Waals surface area (Å²) in [7, 11) is 0. The molecule has 0 aromatic heterocycles. The van der Waals surface area contributed by atoms with E-state index in [0.717, 1.165) is 44.5 Å². The van der Waals surface area contributed by atoms with Gasteiger partial charge in [0.15, 0.2) is 0 Å². The van der Waals surface area contributed by atoms with Gasteiger partial charge < -0.3 is 9.64 Å². The van der Waals surface area contributed by atoms with Gasteiger partial charge >= 0.3 is 0 Å². The molecule has 1 heterocycles. The molecule has 0 atom stereocenters. The number of hydrogen-bond donors (Lipinski definition) is 0. The number of piperidine rings is 1. The molecular formula is C16H22N2O. The van der Waals surface area contributed by atoms with Crippen molar-refractivity contribution in [1.29, 1.82) is 5.26 Å². The first-order chi connectivity index (χ1) is 9.33. The van der Waals surface area contributed by atoms with Gasteiger partial charge in [-0.3, -0.25) is 0 Å². The zero-order valence-corrected chi connectivity index (χ0v) is 11.6. The highest BCUT2D eigenvalue weighted by molar-refractivity contribution is 5.49. The van der Waals surface area contributed by atoms with E-state index in [2.05, 4.69) is 17.9 Å². The summed E-state index contributed by atoms with van der Waals surface area (Å²) < 4.78 is 5.87. The largest absolute Gasteiger partial charge is 0.378 e. The first-order valence-corrected chi connectivity index (χ1v) is 7.20. The zero-order chi connectivity index (χ0) is 13.5. The molecule has 1 fully saturated rings. The van der Waals surface area contributed by atoms with Gasteiger partial charge in [-0.15, -0.1) is 0 Å². The van der Waals surface area contributed by atoms with Gasteiger partial charge in [0.1, 0.15) is 0 Å². The molecule has 0 aliphatic carbocycles. The Labute approximate surface area is 115 Å². The lowest BCUT2D eigenvalue weighted by atomic mass is 10.1. The van der Waals surface area contributed by atoms with E-state index in [0.29, 0.717) is 6.10 Å². The summed E-state index contributed by atoms with van der Waals surface area (Å²) in [6.07, 6.45) is 4.99. The van der Waals surface area contributed by atoms with E-state index in [1.54, 1.807) is 0 Å². The van der Waals surface area contributed by atoms with Crippen LogP contribution in [-0.2, 0) is 4.74 Å². The monoisotopic (exact) mass is 258 g/mol. The summed E-state index contributed by atoms with van der Waals surface area (Å²) in [5.74, 6) is 0. The maximum atomic E-state index is 8.80. The second-order valence-electron chi connectivity index (χ2n) is 5.07. The molecule has 0 N–H and O–H groups in total. The second-order valence-corrected chi connectivity index (χ2v) is 5.07. The van der Waals surface area contributed by atoms with E-state index in [9.17, 15) is 0 Å². The molecule has 2 rings (SSSR count). The smallest absolute Gasteiger partial charge is 0.0991 e. The molecule has 1 aromatic carbocycles. The molecule has 0 amide bonds. The molecule has 1 saturated heterocycles. The van der Waals surface area contributed by atoms with E-state index in [4.69, 9.17) is 10.00 Å². The van der Waals surface area contributed by atoms with Crippen LogP contribution >= 0.6 is 0 Å². The van der Waals surface area contributed by atoms with Crippen LogP contribution in [0.1, 0.15) is 38.2 Å². The summed E-state index contributed by atoms with van der Waals surface area (Å²) in [4.78, 5) is 2.38. The lowest BCUT2D eigenvalue weighted by Crippen LogP contribution is -2.37. The van der Waals surface area contributed by atoms with Crippen molar-refractivity contribution in [2.75, 3.05) is 24.6 Å².